The number of nitrogens with one attached hydrogen (secondary N) is 1. The van der Waals surface area contributed by atoms with Gasteiger partial charge in [-0.15, -0.1) is 0 Å². The molecule has 0 radical (unpaired) electrons. The molecule has 0 unspecified atom stereocenters. The van der Waals surface area contributed by atoms with E-state index in [9.17, 15) is 13.2 Å². The largest absolute Gasteiger partial charge is 0.486 e. The van der Waals surface area contributed by atoms with E-state index in [0.717, 1.165) is 11.3 Å². The van der Waals surface area contributed by atoms with Crippen molar-refractivity contribution in [1.82, 2.24) is 9.62 Å². The van der Waals surface area contributed by atoms with Crippen molar-refractivity contribution in [1.29, 1.82) is 0 Å². The third-order valence-electron chi connectivity index (χ3n) is 5.63. The summed E-state index contributed by atoms with van der Waals surface area (Å²) in [6, 6.07) is 13.9. The first-order chi connectivity index (χ1) is 14.4. The molecule has 4 rings (SSSR count). The first kappa shape index (κ1) is 20.7. The van der Waals surface area contributed by atoms with Gasteiger partial charge in [0.05, 0.1) is 10.9 Å². The summed E-state index contributed by atoms with van der Waals surface area (Å²) in [4.78, 5) is 13.1. The Morgan fingerprint density at radius 3 is 2.40 bits per heavy atom. The molecule has 0 saturated carbocycles. The molecular formula is C22H26N2O5S. The van der Waals surface area contributed by atoms with E-state index in [-0.39, 0.29) is 17.9 Å². The van der Waals surface area contributed by atoms with E-state index in [1.165, 1.54) is 4.31 Å². The zero-order valence-electron chi connectivity index (χ0n) is 16.9. The number of rotatable bonds is 5. The van der Waals surface area contributed by atoms with Crippen molar-refractivity contribution >= 4 is 15.9 Å². The van der Waals surface area contributed by atoms with Crippen molar-refractivity contribution in [2.75, 3.05) is 26.3 Å². The van der Waals surface area contributed by atoms with Crippen molar-refractivity contribution in [3.05, 3.63) is 54.1 Å². The zero-order chi connectivity index (χ0) is 21.1. The van der Waals surface area contributed by atoms with Crippen LogP contribution >= 0.6 is 0 Å². The number of amides is 1. The number of carbonyl (C=O) groups is 1. The molecule has 2 aliphatic heterocycles. The summed E-state index contributed by atoms with van der Waals surface area (Å²) >= 11 is 0. The molecule has 2 aliphatic rings. The van der Waals surface area contributed by atoms with Crippen LogP contribution in [0.1, 0.15) is 31.4 Å². The van der Waals surface area contributed by atoms with E-state index >= 15 is 0 Å². The first-order valence-electron chi connectivity index (χ1n) is 10.2. The van der Waals surface area contributed by atoms with Crippen LogP contribution in [0.15, 0.2) is 53.4 Å². The summed E-state index contributed by atoms with van der Waals surface area (Å²) in [5.74, 6) is 1.16. The van der Waals surface area contributed by atoms with Gasteiger partial charge in [0.15, 0.2) is 11.5 Å². The second-order valence-electron chi connectivity index (χ2n) is 7.62. The fraction of sp³-hybridized carbons (Fsp3) is 0.409. The van der Waals surface area contributed by atoms with E-state index in [1.807, 2.05) is 25.1 Å². The van der Waals surface area contributed by atoms with E-state index in [0.29, 0.717) is 49.8 Å². The van der Waals surface area contributed by atoms with Gasteiger partial charge in [0.2, 0.25) is 15.9 Å². The van der Waals surface area contributed by atoms with Gasteiger partial charge in [0.1, 0.15) is 13.2 Å². The number of fused-ring (bicyclic) bond motifs is 1. The Balaban J connectivity index is 1.34. The molecule has 2 aromatic carbocycles. The summed E-state index contributed by atoms with van der Waals surface area (Å²) in [5, 5.41) is 3.05. The Hall–Kier alpha value is -2.58. The highest BCUT2D eigenvalue weighted by molar-refractivity contribution is 7.89. The lowest BCUT2D eigenvalue weighted by molar-refractivity contribution is -0.126. The van der Waals surface area contributed by atoms with Crippen LogP contribution < -0.4 is 14.8 Å². The Bertz CT molecular complexity index is 1000. The van der Waals surface area contributed by atoms with Gasteiger partial charge in [-0.25, -0.2) is 8.42 Å². The molecule has 1 atom stereocenters. The Kier molecular flexibility index (Phi) is 5.97. The number of benzene rings is 2. The molecular weight excluding hydrogens is 404 g/mol. The van der Waals surface area contributed by atoms with Gasteiger partial charge in [0.25, 0.3) is 0 Å². The highest BCUT2D eigenvalue weighted by Crippen LogP contribution is 2.33. The molecule has 7 nitrogen and oxygen atoms in total. The average molecular weight is 431 g/mol. The summed E-state index contributed by atoms with van der Waals surface area (Å²) in [7, 11) is -3.51. The second kappa shape index (κ2) is 8.65. The minimum Gasteiger partial charge on any atom is -0.486 e. The van der Waals surface area contributed by atoms with Crippen molar-refractivity contribution in [3.8, 4) is 11.5 Å². The molecule has 0 bridgehead atoms. The van der Waals surface area contributed by atoms with Crippen LogP contribution in [0, 0.1) is 5.92 Å². The summed E-state index contributed by atoms with van der Waals surface area (Å²) in [6.07, 6.45) is 1.01. The Morgan fingerprint density at radius 2 is 1.70 bits per heavy atom. The number of hydrogen-bond acceptors (Lipinski definition) is 5. The molecule has 0 aromatic heterocycles. The number of carbonyl (C=O) groups excluding carboxylic acids is 1. The lowest BCUT2D eigenvalue weighted by atomic mass is 9.96. The lowest BCUT2D eigenvalue weighted by Crippen LogP contribution is -2.43. The Labute approximate surface area is 177 Å². The zero-order valence-corrected chi connectivity index (χ0v) is 17.7. The molecule has 30 heavy (non-hydrogen) atoms. The van der Waals surface area contributed by atoms with Crippen LogP contribution in [0.25, 0.3) is 0 Å². The topological polar surface area (TPSA) is 84.9 Å². The van der Waals surface area contributed by atoms with Gasteiger partial charge >= 0.3 is 0 Å². The monoisotopic (exact) mass is 430 g/mol. The number of sulfonamides is 1. The second-order valence-corrected chi connectivity index (χ2v) is 9.56. The number of hydrogen-bond donors (Lipinski definition) is 1. The lowest BCUT2D eigenvalue weighted by Gasteiger charge is -2.31. The maximum absolute atomic E-state index is 12.8. The van der Waals surface area contributed by atoms with E-state index in [2.05, 4.69) is 5.32 Å². The van der Waals surface area contributed by atoms with Gasteiger partial charge in [-0.2, -0.15) is 4.31 Å². The van der Waals surface area contributed by atoms with E-state index in [1.54, 1.807) is 30.3 Å². The summed E-state index contributed by atoms with van der Waals surface area (Å²) in [6.45, 7) is 3.67. The molecule has 1 N–H and O–H groups in total. The SMILES string of the molecule is C[C@@H](NC(=O)C1CCN(S(=O)(=O)c2ccccc2)CC1)c1ccc2c(c1)OCCO2. The quantitative estimate of drug-likeness (QED) is 0.789. The van der Waals surface area contributed by atoms with Gasteiger partial charge in [0, 0.05) is 19.0 Å². The van der Waals surface area contributed by atoms with Gasteiger partial charge in [-0.05, 0) is 49.6 Å². The summed E-state index contributed by atoms with van der Waals surface area (Å²) < 4.78 is 38.1. The van der Waals surface area contributed by atoms with Gasteiger partial charge in [-0.3, -0.25) is 4.79 Å². The molecule has 2 aromatic rings. The number of ether oxygens (including phenoxy) is 2. The predicted molar refractivity (Wildman–Crippen MR) is 112 cm³/mol. The van der Waals surface area contributed by atoms with Crippen molar-refractivity contribution < 1.29 is 22.7 Å². The van der Waals surface area contributed by atoms with Crippen molar-refractivity contribution in [2.45, 2.75) is 30.7 Å². The third-order valence-corrected chi connectivity index (χ3v) is 7.54. The first-order valence-corrected chi connectivity index (χ1v) is 11.6. The summed E-state index contributed by atoms with van der Waals surface area (Å²) in [5.41, 5.74) is 0.941. The maximum Gasteiger partial charge on any atom is 0.243 e. The van der Waals surface area contributed by atoms with Crippen LogP contribution in [-0.2, 0) is 14.8 Å². The van der Waals surface area contributed by atoms with E-state index < -0.39 is 10.0 Å². The molecule has 160 valence electrons. The fourth-order valence-electron chi connectivity index (χ4n) is 3.84. The number of nitrogens with zero attached hydrogens (tertiary/aromatic N) is 1. The molecule has 1 amide bonds. The smallest absolute Gasteiger partial charge is 0.243 e. The standard InChI is InChI=1S/C22H26N2O5S/c1-16(18-7-8-20-21(15-18)29-14-13-28-20)23-22(25)17-9-11-24(12-10-17)30(26,27)19-5-3-2-4-6-19/h2-8,15-17H,9-14H2,1H3,(H,23,25)/t16-/m1/s1. The molecule has 1 fully saturated rings. The molecule has 0 spiro atoms. The van der Waals surface area contributed by atoms with E-state index in [4.69, 9.17) is 9.47 Å². The van der Waals surface area contributed by atoms with Crippen molar-refractivity contribution in [2.24, 2.45) is 5.92 Å². The minimum absolute atomic E-state index is 0.0471. The van der Waals surface area contributed by atoms with Gasteiger partial charge < -0.3 is 14.8 Å². The van der Waals surface area contributed by atoms with Crippen LogP contribution in [-0.4, -0.2) is 44.9 Å². The van der Waals surface area contributed by atoms with Crippen LogP contribution in [0.5, 0.6) is 11.5 Å². The highest BCUT2D eigenvalue weighted by atomic mass is 32.2. The Morgan fingerprint density at radius 1 is 1.03 bits per heavy atom. The number of piperidine rings is 1. The normalized spacial score (nSPS) is 18.6. The minimum atomic E-state index is -3.51. The fourth-order valence-corrected chi connectivity index (χ4v) is 5.33. The van der Waals surface area contributed by atoms with Crippen LogP contribution in [0.3, 0.4) is 0 Å². The maximum atomic E-state index is 12.8. The highest BCUT2D eigenvalue weighted by Gasteiger charge is 2.32. The molecule has 8 heteroatoms. The van der Waals surface area contributed by atoms with Crippen LogP contribution in [0.2, 0.25) is 0 Å². The average Bonchev–Trinajstić information content (AvgIpc) is 2.79. The molecule has 0 aliphatic carbocycles. The van der Waals surface area contributed by atoms with Gasteiger partial charge in [-0.1, -0.05) is 24.3 Å². The third kappa shape index (κ3) is 4.29. The molecule has 1 saturated heterocycles. The van der Waals surface area contributed by atoms with Crippen LogP contribution in [0.4, 0.5) is 0 Å². The predicted octanol–water partition coefficient (Wildman–Crippen LogP) is 2.74. The molecule has 2 heterocycles. The van der Waals surface area contributed by atoms with Crippen molar-refractivity contribution in [3.63, 3.8) is 0 Å².